The monoisotopic (exact) mass is 435 g/mol. The summed E-state index contributed by atoms with van der Waals surface area (Å²) in [6.45, 7) is 7.75. The van der Waals surface area contributed by atoms with Gasteiger partial charge in [-0.2, -0.15) is 0 Å². The summed E-state index contributed by atoms with van der Waals surface area (Å²) in [5.41, 5.74) is 7.99. The molecule has 0 aliphatic carbocycles. The summed E-state index contributed by atoms with van der Waals surface area (Å²) >= 11 is 0. The second-order valence-electron chi connectivity index (χ2n) is 6.95. The maximum atomic E-state index is 12.5. The minimum Gasteiger partial charge on any atom is -0.493 e. The molecule has 0 aromatic heterocycles. The lowest BCUT2D eigenvalue weighted by molar-refractivity contribution is -0.131. The highest BCUT2D eigenvalue weighted by Crippen LogP contribution is 2.33. The SMILES string of the molecule is CCC(CC)(CN)C(=O)NCCN1CCc2cc(OC)c(OC)cc2C1.Cl.Cl. The van der Waals surface area contributed by atoms with Crippen LogP contribution in [0.15, 0.2) is 12.1 Å². The van der Waals surface area contributed by atoms with Crippen molar-refractivity contribution < 1.29 is 14.3 Å². The minimum atomic E-state index is -0.432. The van der Waals surface area contributed by atoms with E-state index in [1.165, 1.54) is 11.1 Å². The molecular formula is C20H35Cl2N3O3. The quantitative estimate of drug-likeness (QED) is 0.623. The van der Waals surface area contributed by atoms with Crippen LogP contribution in [0.1, 0.15) is 37.8 Å². The lowest BCUT2D eigenvalue weighted by Gasteiger charge is -2.31. The number of carbonyl (C=O) groups is 1. The van der Waals surface area contributed by atoms with E-state index in [1.807, 2.05) is 13.8 Å². The summed E-state index contributed by atoms with van der Waals surface area (Å²) in [6, 6.07) is 4.14. The number of methoxy groups -OCH3 is 2. The molecule has 0 atom stereocenters. The number of fused-ring (bicyclic) bond motifs is 1. The van der Waals surface area contributed by atoms with E-state index in [4.69, 9.17) is 15.2 Å². The van der Waals surface area contributed by atoms with Gasteiger partial charge in [0.1, 0.15) is 0 Å². The Kier molecular flexibility index (Phi) is 11.8. The largest absolute Gasteiger partial charge is 0.493 e. The number of hydrogen-bond acceptors (Lipinski definition) is 5. The van der Waals surface area contributed by atoms with E-state index in [0.717, 1.165) is 50.4 Å². The molecular weight excluding hydrogens is 401 g/mol. The highest BCUT2D eigenvalue weighted by Gasteiger charge is 2.33. The molecule has 1 aromatic rings. The Labute approximate surface area is 181 Å². The summed E-state index contributed by atoms with van der Waals surface area (Å²) in [6.07, 6.45) is 2.51. The van der Waals surface area contributed by atoms with E-state index >= 15 is 0 Å². The molecule has 2 rings (SSSR count). The standard InChI is InChI=1S/C20H33N3O3.2ClH/c1-5-20(6-2,14-21)19(24)22-8-10-23-9-7-15-11-17(25-3)18(26-4)12-16(15)13-23;;/h11-12H,5-10,13-14,21H2,1-4H3,(H,22,24);2*1H. The van der Waals surface area contributed by atoms with Crippen LogP contribution in [0.3, 0.4) is 0 Å². The summed E-state index contributed by atoms with van der Waals surface area (Å²) in [5, 5.41) is 3.08. The molecule has 0 radical (unpaired) electrons. The zero-order chi connectivity index (χ0) is 19.2. The van der Waals surface area contributed by atoms with Crippen LogP contribution in [0.4, 0.5) is 0 Å². The normalized spacial score (nSPS) is 13.6. The fraction of sp³-hybridized carbons (Fsp3) is 0.650. The fourth-order valence-corrected chi connectivity index (χ4v) is 3.60. The van der Waals surface area contributed by atoms with E-state index in [9.17, 15) is 4.79 Å². The van der Waals surface area contributed by atoms with Gasteiger partial charge in [-0.05, 0) is 42.5 Å². The van der Waals surface area contributed by atoms with Crippen LogP contribution in [0.2, 0.25) is 0 Å². The van der Waals surface area contributed by atoms with Crippen LogP contribution >= 0.6 is 24.8 Å². The maximum absolute atomic E-state index is 12.5. The zero-order valence-corrected chi connectivity index (χ0v) is 19.0. The predicted octanol–water partition coefficient (Wildman–Crippen LogP) is 2.79. The van der Waals surface area contributed by atoms with Crippen molar-refractivity contribution in [2.75, 3.05) is 40.4 Å². The first-order chi connectivity index (χ1) is 12.5. The number of halogens is 2. The minimum absolute atomic E-state index is 0. The molecule has 0 saturated carbocycles. The topological polar surface area (TPSA) is 76.8 Å². The summed E-state index contributed by atoms with van der Waals surface area (Å²) in [5.74, 6) is 1.62. The third-order valence-corrected chi connectivity index (χ3v) is 5.74. The lowest BCUT2D eigenvalue weighted by Crippen LogP contribution is -2.47. The second kappa shape index (κ2) is 12.4. The smallest absolute Gasteiger partial charge is 0.227 e. The number of ether oxygens (including phenoxy) is 2. The molecule has 0 spiro atoms. The lowest BCUT2D eigenvalue weighted by atomic mass is 9.81. The Balaban J connectivity index is 0.00000364. The second-order valence-corrected chi connectivity index (χ2v) is 6.95. The van der Waals surface area contributed by atoms with Gasteiger partial charge in [0.2, 0.25) is 5.91 Å². The van der Waals surface area contributed by atoms with Crippen molar-refractivity contribution in [2.24, 2.45) is 11.1 Å². The Morgan fingerprint density at radius 1 is 1.14 bits per heavy atom. The van der Waals surface area contributed by atoms with Crippen molar-refractivity contribution in [1.29, 1.82) is 0 Å². The average molecular weight is 436 g/mol. The molecule has 28 heavy (non-hydrogen) atoms. The van der Waals surface area contributed by atoms with Gasteiger partial charge >= 0.3 is 0 Å². The molecule has 1 amide bonds. The van der Waals surface area contributed by atoms with Gasteiger partial charge in [-0.15, -0.1) is 24.8 Å². The average Bonchev–Trinajstić information content (AvgIpc) is 2.68. The van der Waals surface area contributed by atoms with Gasteiger partial charge in [0.05, 0.1) is 19.6 Å². The third kappa shape index (κ3) is 5.89. The fourth-order valence-electron chi connectivity index (χ4n) is 3.60. The van der Waals surface area contributed by atoms with Crippen molar-refractivity contribution in [2.45, 2.75) is 39.7 Å². The van der Waals surface area contributed by atoms with Crippen molar-refractivity contribution in [3.05, 3.63) is 23.3 Å². The molecule has 1 aromatic carbocycles. The Hall–Kier alpha value is -1.21. The number of hydrogen-bond donors (Lipinski definition) is 2. The van der Waals surface area contributed by atoms with Crippen LogP contribution in [0, 0.1) is 5.41 Å². The molecule has 1 aliphatic rings. The molecule has 1 heterocycles. The molecule has 6 nitrogen and oxygen atoms in total. The van der Waals surface area contributed by atoms with Crippen LogP contribution in [0.25, 0.3) is 0 Å². The number of amides is 1. The van der Waals surface area contributed by atoms with Gasteiger partial charge in [-0.1, -0.05) is 13.8 Å². The molecule has 3 N–H and O–H groups in total. The molecule has 0 bridgehead atoms. The van der Waals surface area contributed by atoms with Gasteiger partial charge in [-0.3, -0.25) is 9.69 Å². The summed E-state index contributed by atoms with van der Waals surface area (Å²) in [4.78, 5) is 14.9. The highest BCUT2D eigenvalue weighted by atomic mass is 35.5. The molecule has 0 saturated heterocycles. The molecule has 1 aliphatic heterocycles. The third-order valence-electron chi connectivity index (χ3n) is 5.74. The van der Waals surface area contributed by atoms with Crippen LogP contribution in [-0.4, -0.2) is 51.2 Å². The van der Waals surface area contributed by atoms with E-state index in [2.05, 4.69) is 22.3 Å². The number of nitrogens with two attached hydrogens (primary N) is 1. The Morgan fingerprint density at radius 3 is 2.21 bits per heavy atom. The molecule has 162 valence electrons. The first-order valence-corrected chi connectivity index (χ1v) is 9.48. The summed E-state index contributed by atoms with van der Waals surface area (Å²) < 4.78 is 10.8. The zero-order valence-electron chi connectivity index (χ0n) is 17.4. The van der Waals surface area contributed by atoms with Crippen molar-refractivity contribution >= 4 is 30.7 Å². The van der Waals surface area contributed by atoms with Crippen LogP contribution in [0.5, 0.6) is 11.5 Å². The van der Waals surface area contributed by atoms with E-state index in [0.29, 0.717) is 13.1 Å². The van der Waals surface area contributed by atoms with Gasteiger partial charge in [0.25, 0.3) is 0 Å². The number of rotatable bonds is 9. The predicted molar refractivity (Wildman–Crippen MR) is 118 cm³/mol. The van der Waals surface area contributed by atoms with Crippen molar-refractivity contribution in [3.63, 3.8) is 0 Å². The highest BCUT2D eigenvalue weighted by molar-refractivity contribution is 5.85. The maximum Gasteiger partial charge on any atom is 0.227 e. The van der Waals surface area contributed by atoms with Gasteiger partial charge < -0.3 is 20.5 Å². The molecule has 8 heteroatoms. The molecule has 0 fully saturated rings. The van der Waals surface area contributed by atoms with Crippen molar-refractivity contribution in [3.8, 4) is 11.5 Å². The molecule has 0 unspecified atom stereocenters. The van der Waals surface area contributed by atoms with E-state index < -0.39 is 5.41 Å². The Bertz CT molecular complexity index is 617. The van der Waals surface area contributed by atoms with Crippen molar-refractivity contribution in [1.82, 2.24) is 10.2 Å². The van der Waals surface area contributed by atoms with E-state index in [1.54, 1.807) is 14.2 Å². The van der Waals surface area contributed by atoms with Crippen LogP contribution in [-0.2, 0) is 17.8 Å². The Morgan fingerprint density at radius 2 is 1.71 bits per heavy atom. The number of nitrogens with one attached hydrogen (secondary N) is 1. The van der Waals surface area contributed by atoms with Gasteiger partial charge in [-0.25, -0.2) is 0 Å². The first-order valence-electron chi connectivity index (χ1n) is 9.48. The number of carbonyl (C=O) groups excluding carboxylic acids is 1. The summed E-state index contributed by atoms with van der Waals surface area (Å²) in [7, 11) is 3.32. The number of nitrogens with zero attached hydrogens (tertiary/aromatic N) is 1. The van der Waals surface area contributed by atoms with Gasteiger partial charge in [0, 0.05) is 32.7 Å². The van der Waals surface area contributed by atoms with Crippen LogP contribution < -0.4 is 20.5 Å². The van der Waals surface area contributed by atoms with Gasteiger partial charge in [0.15, 0.2) is 11.5 Å². The van der Waals surface area contributed by atoms with E-state index in [-0.39, 0.29) is 30.7 Å². The first kappa shape index (κ1) is 26.8. The number of benzene rings is 1.